The van der Waals surface area contributed by atoms with Crippen molar-refractivity contribution in [3.8, 4) is 0 Å². The van der Waals surface area contributed by atoms with Crippen molar-refractivity contribution >= 4 is 24.9 Å². The highest BCUT2D eigenvalue weighted by Crippen LogP contribution is 2.32. The summed E-state index contributed by atoms with van der Waals surface area (Å²) in [5.74, 6) is 0.122. The van der Waals surface area contributed by atoms with Gasteiger partial charge in [-0.15, -0.1) is 0 Å². The minimum Gasteiger partial charge on any atom is -0.410 e. The van der Waals surface area contributed by atoms with Gasteiger partial charge in [0.25, 0.3) is 0 Å². The van der Waals surface area contributed by atoms with Crippen molar-refractivity contribution < 1.29 is 9.22 Å². The van der Waals surface area contributed by atoms with E-state index >= 15 is 0 Å². The van der Waals surface area contributed by atoms with Gasteiger partial charge in [-0.1, -0.05) is 72.8 Å². The van der Waals surface area contributed by atoms with Gasteiger partial charge in [-0.2, -0.15) is 0 Å². The van der Waals surface area contributed by atoms with Gasteiger partial charge in [-0.3, -0.25) is 4.79 Å². The first-order valence-electron chi connectivity index (χ1n) is 8.68. The fourth-order valence-corrected chi connectivity index (χ4v) is 4.15. The molecule has 0 aliphatic carbocycles. The Morgan fingerprint density at radius 3 is 2.24 bits per heavy atom. The van der Waals surface area contributed by atoms with Crippen molar-refractivity contribution in [1.82, 2.24) is 0 Å². The molecule has 0 aliphatic heterocycles. The van der Waals surface area contributed by atoms with Gasteiger partial charge < -0.3 is 4.43 Å². The van der Waals surface area contributed by atoms with Crippen LogP contribution in [0.5, 0.6) is 0 Å². The van der Waals surface area contributed by atoms with Gasteiger partial charge in [0.2, 0.25) is 0 Å². The molecule has 1 atom stereocenters. The van der Waals surface area contributed by atoms with Crippen LogP contribution < -0.4 is 0 Å². The second-order valence-electron chi connectivity index (χ2n) is 7.28. The Balaban J connectivity index is 1.98. The molecule has 0 radical (unpaired) electrons. The Morgan fingerprint density at radius 1 is 0.880 bits per heavy atom. The van der Waals surface area contributed by atoms with Crippen LogP contribution in [0.2, 0.25) is 19.6 Å². The predicted octanol–water partition coefficient (Wildman–Crippen LogP) is 6.01. The van der Waals surface area contributed by atoms with E-state index in [1.54, 1.807) is 0 Å². The average molecular weight is 349 g/mol. The zero-order valence-electron chi connectivity index (χ0n) is 15.0. The van der Waals surface area contributed by atoms with Crippen molar-refractivity contribution in [1.29, 1.82) is 0 Å². The molecule has 0 saturated heterocycles. The highest BCUT2D eigenvalue weighted by Gasteiger charge is 2.26. The van der Waals surface area contributed by atoms with Gasteiger partial charge in [0.1, 0.15) is 0 Å². The lowest BCUT2D eigenvalue weighted by Crippen LogP contribution is -2.29. The minimum atomic E-state index is -1.81. The molecule has 3 heteroatoms. The molecule has 0 heterocycles. The first-order chi connectivity index (χ1) is 11.9. The number of hydrogen-bond acceptors (Lipinski definition) is 2. The summed E-state index contributed by atoms with van der Waals surface area (Å²) in [6.07, 6.45) is 0.146. The Bertz CT molecular complexity index is 861. The van der Waals surface area contributed by atoms with E-state index in [2.05, 4.69) is 43.9 Å². The van der Waals surface area contributed by atoms with E-state index in [-0.39, 0.29) is 11.9 Å². The average Bonchev–Trinajstić information content (AvgIpc) is 2.60. The lowest BCUT2D eigenvalue weighted by atomic mass is 9.96. The van der Waals surface area contributed by atoms with E-state index in [0.717, 1.165) is 16.5 Å². The molecule has 25 heavy (non-hydrogen) atoms. The van der Waals surface area contributed by atoms with Crippen LogP contribution in [0.4, 0.5) is 0 Å². The van der Waals surface area contributed by atoms with Crippen LogP contribution in [0.15, 0.2) is 72.8 Å². The Morgan fingerprint density at radius 2 is 1.52 bits per heavy atom. The number of Topliss-reactive ketones (excluding diaryl/α,β-unsaturated/α-hetero) is 1. The topological polar surface area (TPSA) is 26.3 Å². The van der Waals surface area contributed by atoms with Gasteiger partial charge in [0, 0.05) is 12.0 Å². The molecule has 3 aromatic carbocycles. The Hall–Kier alpha value is -2.23. The van der Waals surface area contributed by atoms with E-state index in [0.29, 0.717) is 6.42 Å². The van der Waals surface area contributed by atoms with Crippen molar-refractivity contribution in [3.63, 3.8) is 0 Å². The number of hydrogen-bond donors (Lipinski definition) is 0. The van der Waals surface area contributed by atoms with E-state index in [4.69, 9.17) is 4.43 Å². The molecule has 0 aliphatic rings. The van der Waals surface area contributed by atoms with Crippen LogP contribution in [0, 0.1) is 0 Å². The highest BCUT2D eigenvalue weighted by molar-refractivity contribution is 6.69. The molecule has 0 fully saturated rings. The summed E-state index contributed by atoms with van der Waals surface area (Å²) >= 11 is 0. The minimum absolute atomic E-state index is 0.122. The van der Waals surface area contributed by atoms with Crippen molar-refractivity contribution in [2.45, 2.75) is 32.2 Å². The van der Waals surface area contributed by atoms with Crippen LogP contribution >= 0.6 is 0 Å². The molecular formula is C22H24O2Si. The third kappa shape index (κ3) is 4.44. The van der Waals surface area contributed by atoms with Crippen LogP contribution in [0.25, 0.3) is 10.8 Å². The number of carbonyl (C=O) groups excluding carboxylic acids is 1. The van der Waals surface area contributed by atoms with Gasteiger partial charge in [0.15, 0.2) is 14.1 Å². The summed E-state index contributed by atoms with van der Waals surface area (Å²) < 4.78 is 6.44. The predicted molar refractivity (Wildman–Crippen MR) is 107 cm³/mol. The first-order valence-corrected chi connectivity index (χ1v) is 12.1. The number of fused-ring (bicyclic) bond motifs is 1. The molecule has 3 rings (SSSR count). The maximum absolute atomic E-state index is 12.8. The van der Waals surface area contributed by atoms with Crippen molar-refractivity contribution in [2.75, 3.05) is 0 Å². The molecular weight excluding hydrogens is 324 g/mol. The SMILES string of the molecule is C[Si](C)(C)OC(CC(=O)c1ccccc1)c1cccc2ccccc12. The summed E-state index contributed by atoms with van der Waals surface area (Å²) in [6.45, 7) is 6.49. The van der Waals surface area contributed by atoms with E-state index in [9.17, 15) is 4.79 Å². The third-order valence-electron chi connectivity index (χ3n) is 4.13. The molecule has 3 aromatic rings. The molecule has 2 nitrogen and oxygen atoms in total. The maximum atomic E-state index is 12.8. The third-order valence-corrected chi connectivity index (χ3v) is 5.12. The van der Waals surface area contributed by atoms with Crippen LogP contribution in [0.3, 0.4) is 0 Å². The zero-order chi connectivity index (χ0) is 17.9. The molecule has 0 spiro atoms. The molecule has 128 valence electrons. The normalized spacial score (nSPS) is 12.9. The second kappa shape index (κ2) is 7.34. The fourth-order valence-electron chi connectivity index (χ4n) is 3.08. The Kier molecular flexibility index (Phi) is 5.16. The van der Waals surface area contributed by atoms with E-state index in [1.165, 1.54) is 5.39 Å². The zero-order valence-corrected chi connectivity index (χ0v) is 16.0. The lowest BCUT2D eigenvalue weighted by molar-refractivity contribution is 0.0902. The smallest absolute Gasteiger partial charge is 0.184 e. The highest BCUT2D eigenvalue weighted by atomic mass is 28.4. The van der Waals surface area contributed by atoms with Gasteiger partial charge in [-0.05, 0) is 36.0 Å². The summed E-state index contributed by atoms with van der Waals surface area (Å²) in [4.78, 5) is 12.8. The summed E-state index contributed by atoms with van der Waals surface area (Å²) in [7, 11) is -1.81. The number of rotatable bonds is 6. The number of benzene rings is 3. The molecule has 0 bridgehead atoms. The van der Waals surface area contributed by atoms with Crippen LogP contribution in [-0.2, 0) is 4.43 Å². The van der Waals surface area contributed by atoms with Gasteiger partial charge in [-0.25, -0.2) is 0 Å². The Labute approximate surface area is 150 Å². The summed E-state index contributed by atoms with van der Waals surface area (Å²) in [5.41, 5.74) is 1.84. The molecule has 1 unspecified atom stereocenters. The second-order valence-corrected chi connectivity index (χ2v) is 11.7. The van der Waals surface area contributed by atoms with Gasteiger partial charge in [0.05, 0.1) is 6.10 Å². The maximum Gasteiger partial charge on any atom is 0.184 e. The molecule has 0 amide bonds. The van der Waals surface area contributed by atoms with Crippen molar-refractivity contribution in [3.05, 3.63) is 83.9 Å². The molecule has 0 N–H and O–H groups in total. The van der Waals surface area contributed by atoms with Crippen molar-refractivity contribution in [2.24, 2.45) is 0 Å². The first kappa shape index (κ1) is 17.6. The number of carbonyl (C=O) groups is 1. The summed E-state index contributed by atoms with van der Waals surface area (Å²) in [5, 5.41) is 2.34. The lowest BCUT2D eigenvalue weighted by Gasteiger charge is -2.27. The standard InChI is InChI=1S/C22H24O2Si/c1-25(2,3)24-22(16-21(23)18-11-5-4-6-12-18)20-15-9-13-17-10-7-8-14-19(17)20/h4-15,22H,16H2,1-3H3. The quantitative estimate of drug-likeness (QED) is 0.403. The van der Waals surface area contributed by atoms with Gasteiger partial charge >= 0.3 is 0 Å². The monoisotopic (exact) mass is 348 g/mol. The largest absolute Gasteiger partial charge is 0.410 e. The summed E-state index contributed by atoms with van der Waals surface area (Å²) in [6, 6.07) is 24.0. The van der Waals surface area contributed by atoms with E-state index < -0.39 is 8.32 Å². The molecule has 0 aromatic heterocycles. The van der Waals surface area contributed by atoms with Crippen LogP contribution in [0.1, 0.15) is 28.4 Å². The van der Waals surface area contributed by atoms with Crippen LogP contribution in [-0.4, -0.2) is 14.1 Å². The van der Waals surface area contributed by atoms with E-state index in [1.807, 2.05) is 48.5 Å². The number of ketones is 1. The molecule has 0 saturated carbocycles. The fraction of sp³-hybridized carbons (Fsp3) is 0.227.